The lowest BCUT2D eigenvalue weighted by Gasteiger charge is -2.26. The molecule has 7 heteroatoms. The van der Waals surface area contributed by atoms with Gasteiger partial charge in [0.2, 0.25) is 10.0 Å². The van der Waals surface area contributed by atoms with E-state index < -0.39 is 10.0 Å². The normalized spacial score (nSPS) is 19.3. The second-order valence-electron chi connectivity index (χ2n) is 5.98. The summed E-state index contributed by atoms with van der Waals surface area (Å²) >= 11 is 0. The molecule has 1 heterocycles. The van der Waals surface area contributed by atoms with Crippen LogP contribution in [-0.2, 0) is 22.9 Å². The lowest BCUT2D eigenvalue weighted by Crippen LogP contribution is -2.36. The largest absolute Gasteiger partial charge is 0.307 e. The van der Waals surface area contributed by atoms with Gasteiger partial charge in [0, 0.05) is 17.8 Å². The van der Waals surface area contributed by atoms with Gasteiger partial charge in [0.15, 0.2) is 0 Å². The van der Waals surface area contributed by atoms with Crippen LogP contribution in [0.25, 0.3) is 0 Å². The number of aromatic amines is 1. The molecule has 3 rings (SSSR count). The molecular weight excluding hydrogens is 312 g/mol. The van der Waals surface area contributed by atoms with E-state index in [0.29, 0.717) is 6.04 Å². The minimum Gasteiger partial charge on any atom is -0.307 e. The Kier molecular flexibility index (Phi) is 4.52. The van der Waals surface area contributed by atoms with E-state index in [0.717, 1.165) is 24.8 Å². The molecule has 0 bridgehead atoms. The summed E-state index contributed by atoms with van der Waals surface area (Å²) in [7, 11) is -1.96. The average molecular weight is 334 g/mol. The number of fused-ring (bicyclic) bond motifs is 1. The van der Waals surface area contributed by atoms with E-state index in [9.17, 15) is 8.42 Å². The highest BCUT2D eigenvalue weighted by atomic mass is 32.2. The van der Waals surface area contributed by atoms with Crippen LogP contribution < -0.4 is 10.0 Å². The van der Waals surface area contributed by atoms with Crippen molar-refractivity contribution in [1.29, 1.82) is 0 Å². The third kappa shape index (κ3) is 3.46. The van der Waals surface area contributed by atoms with Gasteiger partial charge >= 0.3 is 0 Å². The van der Waals surface area contributed by atoms with Crippen LogP contribution in [0.15, 0.2) is 35.4 Å². The monoisotopic (exact) mass is 334 g/mol. The Morgan fingerprint density at radius 2 is 2.04 bits per heavy atom. The minimum absolute atomic E-state index is 0.166. The first-order valence-corrected chi connectivity index (χ1v) is 9.28. The molecule has 6 nitrogen and oxygen atoms in total. The molecule has 1 aromatic heterocycles. The van der Waals surface area contributed by atoms with Gasteiger partial charge < -0.3 is 5.32 Å². The molecule has 0 fully saturated rings. The fraction of sp³-hybridized carbons (Fsp3) is 0.438. The molecule has 1 aliphatic carbocycles. The molecule has 0 amide bonds. The van der Waals surface area contributed by atoms with Crippen LogP contribution in [0.5, 0.6) is 0 Å². The molecule has 0 spiro atoms. The third-order valence-electron chi connectivity index (χ3n) is 4.46. The number of rotatable bonds is 5. The topological polar surface area (TPSA) is 86.9 Å². The number of hydrogen-bond acceptors (Lipinski definition) is 4. The molecule has 23 heavy (non-hydrogen) atoms. The molecule has 0 aliphatic heterocycles. The van der Waals surface area contributed by atoms with Gasteiger partial charge in [-0.05, 0) is 56.5 Å². The summed E-state index contributed by atoms with van der Waals surface area (Å²) in [5.74, 6) is 0. The van der Waals surface area contributed by atoms with Crippen molar-refractivity contribution in [3.05, 3.63) is 47.3 Å². The van der Waals surface area contributed by atoms with E-state index in [1.54, 1.807) is 12.1 Å². The van der Waals surface area contributed by atoms with Crippen molar-refractivity contribution in [2.24, 2.45) is 0 Å². The van der Waals surface area contributed by atoms with Gasteiger partial charge in [-0.1, -0.05) is 12.1 Å². The predicted octanol–water partition coefficient (Wildman–Crippen LogP) is 1.53. The van der Waals surface area contributed by atoms with Crippen molar-refractivity contribution in [1.82, 2.24) is 20.2 Å². The summed E-state index contributed by atoms with van der Waals surface area (Å²) in [6, 6.07) is 7.61. The Balaban J connectivity index is 1.66. The van der Waals surface area contributed by atoms with E-state index in [-0.39, 0.29) is 10.9 Å². The minimum atomic E-state index is -3.38. The van der Waals surface area contributed by atoms with Crippen molar-refractivity contribution >= 4 is 10.0 Å². The van der Waals surface area contributed by atoms with Crippen molar-refractivity contribution in [2.75, 3.05) is 7.05 Å². The molecule has 124 valence electrons. The Hall–Kier alpha value is -1.70. The second kappa shape index (κ2) is 6.43. The van der Waals surface area contributed by atoms with Crippen molar-refractivity contribution in [3.63, 3.8) is 0 Å². The van der Waals surface area contributed by atoms with E-state index >= 15 is 0 Å². The van der Waals surface area contributed by atoms with Gasteiger partial charge in [-0.2, -0.15) is 5.10 Å². The van der Waals surface area contributed by atoms with Crippen molar-refractivity contribution in [2.45, 2.75) is 43.2 Å². The van der Waals surface area contributed by atoms with Gasteiger partial charge in [-0.25, -0.2) is 13.1 Å². The smallest absolute Gasteiger partial charge is 0.240 e. The zero-order valence-corrected chi connectivity index (χ0v) is 14.2. The summed E-state index contributed by atoms with van der Waals surface area (Å²) in [6.07, 6.45) is 4.97. The van der Waals surface area contributed by atoms with E-state index in [2.05, 4.69) is 27.2 Å². The summed E-state index contributed by atoms with van der Waals surface area (Å²) < 4.78 is 25.8. The van der Waals surface area contributed by atoms with Gasteiger partial charge in [0.25, 0.3) is 0 Å². The first kappa shape index (κ1) is 16.2. The fourth-order valence-corrected chi connectivity index (χ4v) is 3.79. The highest BCUT2D eigenvalue weighted by molar-refractivity contribution is 7.89. The number of benzene rings is 1. The number of aryl methyl sites for hydroxylation is 1. The lowest BCUT2D eigenvalue weighted by atomic mass is 9.92. The van der Waals surface area contributed by atoms with Crippen LogP contribution in [-0.4, -0.2) is 31.7 Å². The van der Waals surface area contributed by atoms with E-state index in [1.807, 2.05) is 18.3 Å². The van der Waals surface area contributed by atoms with Gasteiger partial charge in [-0.15, -0.1) is 0 Å². The third-order valence-corrected chi connectivity index (χ3v) is 5.89. The van der Waals surface area contributed by atoms with Crippen LogP contribution in [0.2, 0.25) is 0 Å². The molecule has 1 aliphatic rings. The number of nitrogens with zero attached hydrogens (tertiary/aromatic N) is 1. The Labute approximate surface area is 136 Å². The SMILES string of the molecule is CNS(=O)(=O)c1ccc([C@H](C)N[C@@H]2CCc3[nH]ncc3C2)cc1. The molecule has 1 aromatic carbocycles. The predicted molar refractivity (Wildman–Crippen MR) is 88.6 cm³/mol. The van der Waals surface area contributed by atoms with Crippen LogP contribution >= 0.6 is 0 Å². The molecule has 0 unspecified atom stereocenters. The Morgan fingerprint density at radius 3 is 2.74 bits per heavy atom. The molecule has 2 atom stereocenters. The summed E-state index contributed by atoms with van der Waals surface area (Å²) in [4.78, 5) is 0.289. The van der Waals surface area contributed by atoms with Gasteiger partial charge in [-0.3, -0.25) is 5.10 Å². The average Bonchev–Trinajstić information content (AvgIpc) is 3.02. The fourth-order valence-electron chi connectivity index (χ4n) is 3.06. The number of aromatic nitrogens is 2. The first-order chi connectivity index (χ1) is 11.0. The number of nitrogens with one attached hydrogen (secondary N) is 3. The second-order valence-corrected chi connectivity index (χ2v) is 7.86. The summed E-state index contributed by atoms with van der Waals surface area (Å²) in [5.41, 5.74) is 3.62. The maximum absolute atomic E-state index is 11.8. The van der Waals surface area contributed by atoms with Crippen molar-refractivity contribution in [3.8, 4) is 0 Å². The Bertz CT molecular complexity index is 768. The lowest BCUT2D eigenvalue weighted by molar-refractivity contribution is 0.412. The van der Waals surface area contributed by atoms with Crippen LogP contribution in [0.4, 0.5) is 0 Å². The number of H-pyrrole nitrogens is 1. The van der Waals surface area contributed by atoms with E-state index in [4.69, 9.17) is 0 Å². The highest BCUT2D eigenvalue weighted by Crippen LogP contribution is 2.22. The molecular formula is C16H22N4O2S. The maximum atomic E-state index is 11.8. The Morgan fingerprint density at radius 1 is 1.30 bits per heavy atom. The molecule has 0 radical (unpaired) electrons. The van der Waals surface area contributed by atoms with Crippen molar-refractivity contribution < 1.29 is 8.42 Å². The van der Waals surface area contributed by atoms with Crippen LogP contribution in [0.3, 0.4) is 0 Å². The quantitative estimate of drug-likeness (QED) is 0.774. The molecule has 0 saturated heterocycles. The van der Waals surface area contributed by atoms with E-state index in [1.165, 1.54) is 18.3 Å². The number of sulfonamides is 1. The summed E-state index contributed by atoms with van der Waals surface area (Å²) in [5, 5.41) is 10.8. The molecule has 0 saturated carbocycles. The highest BCUT2D eigenvalue weighted by Gasteiger charge is 2.21. The zero-order chi connectivity index (χ0) is 16.4. The van der Waals surface area contributed by atoms with Gasteiger partial charge in [0.05, 0.1) is 11.1 Å². The summed E-state index contributed by atoms with van der Waals surface area (Å²) in [6.45, 7) is 2.10. The number of hydrogen-bond donors (Lipinski definition) is 3. The maximum Gasteiger partial charge on any atom is 0.240 e. The first-order valence-electron chi connectivity index (χ1n) is 7.80. The van der Waals surface area contributed by atoms with Crippen LogP contribution in [0, 0.1) is 0 Å². The van der Waals surface area contributed by atoms with Crippen LogP contribution in [0.1, 0.15) is 36.2 Å². The standard InChI is InChI=1S/C16H22N4O2S/c1-11(12-3-6-15(7-4-12)23(21,22)17-2)19-14-5-8-16-13(9-14)10-18-20-16/h3-4,6-7,10-11,14,17,19H,5,8-9H2,1-2H3,(H,18,20)/t11-,14+/m0/s1. The molecule has 2 aromatic rings. The molecule has 3 N–H and O–H groups in total. The zero-order valence-electron chi connectivity index (χ0n) is 13.3. The van der Waals surface area contributed by atoms with Gasteiger partial charge in [0.1, 0.15) is 0 Å².